The summed E-state index contributed by atoms with van der Waals surface area (Å²) in [6.07, 6.45) is 4.93. The fourth-order valence-corrected chi connectivity index (χ4v) is 1.29. The zero-order chi connectivity index (χ0) is 8.39. The minimum Gasteiger partial charge on any atom is -0.384 e. The molecule has 0 radical (unpaired) electrons. The topological polar surface area (TPSA) is 44.9 Å². The lowest BCUT2D eigenvalue weighted by Gasteiger charge is -2.01. The third kappa shape index (κ3) is 1.25. The molecule has 0 saturated heterocycles. The monoisotopic (exact) mass is 162 g/mol. The second-order valence-corrected chi connectivity index (χ2v) is 2.77. The van der Waals surface area contributed by atoms with E-state index < -0.39 is 0 Å². The molecule has 0 saturated carbocycles. The van der Waals surface area contributed by atoms with E-state index in [1.165, 1.54) is 6.07 Å². The molecule has 0 amide bonds. The van der Waals surface area contributed by atoms with Crippen LogP contribution in [0.5, 0.6) is 0 Å². The average molecular weight is 162 g/mol. The Morgan fingerprint density at radius 3 is 2.83 bits per heavy atom. The zero-order valence-electron chi connectivity index (χ0n) is 6.63. The lowest BCUT2D eigenvalue weighted by molar-refractivity contribution is 0.927. The summed E-state index contributed by atoms with van der Waals surface area (Å²) in [4.78, 5) is 13.4. The van der Waals surface area contributed by atoms with Gasteiger partial charge in [0, 0.05) is 30.1 Å². The van der Waals surface area contributed by atoms with Crippen LogP contribution in [0.25, 0.3) is 5.70 Å². The van der Waals surface area contributed by atoms with Crippen molar-refractivity contribution in [3.05, 3.63) is 40.3 Å². The van der Waals surface area contributed by atoms with Crippen molar-refractivity contribution in [3.8, 4) is 0 Å². The minimum absolute atomic E-state index is 0.0580. The van der Waals surface area contributed by atoms with Crippen molar-refractivity contribution in [2.24, 2.45) is 0 Å². The number of aromatic amines is 1. The van der Waals surface area contributed by atoms with Gasteiger partial charge < -0.3 is 10.3 Å². The SMILES string of the molecule is O=c1ccc(C2=CCCN2)c[nH]1. The number of aromatic nitrogens is 1. The van der Waals surface area contributed by atoms with E-state index in [0.717, 1.165) is 24.2 Å². The van der Waals surface area contributed by atoms with Crippen LogP contribution in [0, 0.1) is 0 Å². The Kier molecular flexibility index (Phi) is 1.70. The van der Waals surface area contributed by atoms with E-state index in [0.29, 0.717) is 0 Å². The molecule has 2 rings (SSSR count). The van der Waals surface area contributed by atoms with E-state index in [2.05, 4.69) is 16.4 Å². The van der Waals surface area contributed by atoms with E-state index in [4.69, 9.17) is 0 Å². The largest absolute Gasteiger partial charge is 0.384 e. The molecule has 0 bridgehead atoms. The van der Waals surface area contributed by atoms with Crippen molar-refractivity contribution >= 4 is 5.70 Å². The van der Waals surface area contributed by atoms with E-state index in [1.54, 1.807) is 6.20 Å². The smallest absolute Gasteiger partial charge is 0.247 e. The van der Waals surface area contributed by atoms with Gasteiger partial charge in [-0.25, -0.2) is 0 Å². The predicted molar refractivity (Wildman–Crippen MR) is 47.7 cm³/mol. The Bertz CT molecular complexity index is 345. The van der Waals surface area contributed by atoms with Crippen LogP contribution in [0.2, 0.25) is 0 Å². The van der Waals surface area contributed by atoms with Gasteiger partial charge in [-0.3, -0.25) is 4.79 Å². The maximum Gasteiger partial charge on any atom is 0.247 e. The van der Waals surface area contributed by atoms with E-state index in [9.17, 15) is 4.79 Å². The molecule has 0 aliphatic carbocycles. The van der Waals surface area contributed by atoms with Crippen LogP contribution in [0.4, 0.5) is 0 Å². The molecule has 0 spiro atoms. The van der Waals surface area contributed by atoms with Crippen LogP contribution in [0.3, 0.4) is 0 Å². The number of hydrogen-bond acceptors (Lipinski definition) is 2. The van der Waals surface area contributed by atoms with Crippen LogP contribution >= 0.6 is 0 Å². The third-order valence-corrected chi connectivity index (χ3v) is 1.90. The maximum atomic E-state index is 10.7. The molecule has 2 heterocycles. The Morgan fingerprint density at radius 1 is 1.33 bits per heavy atom. The highest BCUT2D eigenvalue weighted by molar-refractivity contribution is 5.64. The van der Waals surface area contributed by atoms with Gasteiger partial charge in [-0.1, -0.05) is 6.08 Å². The number of nitrogens with one attached hydrogen (secondary N) is 2. The molecule has 3 nitrogen and oxygen atoms in total. The van der Waals surface area contributed by atoms with Crippen LogP contribution in [-0.2, 0) is 0 Å². The molecule has 0 aromatic carbocycles. The van der Waals surface area contributed by atoms with Crippen molar-refractivity contribution in [3.63, 3.8) is 0 Å². The summed E-state index contributed by atoms with van der Waals surface area (Å²) >= 11 is 0. The molecule has 0 unspecified atom stereocenters. The fraction of sp³-hybridized carbons (Fsp3) is 0.222. The van der Waals surface area contributed by atoms with Crippen molar-refractivity contribution in [1.82, 2.24) is 10.3 Å². The molecular formula is C9H10N2O. The quantitative estimate of drug-likeness (QED) is 0.638. The molecule has 1 aromatic heterocycles. The standard InChI is InChI=1S/C9H10N2O/c12-9-4-3-7(6-11-9)8-2-1-5-10-8/h2-4,6,10H,1,5H2,(H,11,12). The van der Waals surface area contributed by atoms with Crippen LogP contribution in [-0.4, -0.2) is 11.5 Å². The summed E-state index contributed by atoms with van der Waals surface area (Å²) < 4.78 is 0. The Balaban J connectivity index is 2.34. The predicted octanol–water partition coefficient (Wildman–Crippen LogP) is 0.709. The maximum absolute atomic E-state index is 10.7. The number of H-pyrrole nitrogens is 1. The van der Waals surface area contributed by atoms with Crippen LogP contribution < -0.4 is 10.9 Å². The zero-order valence-corrected chi connectivity index (χ0v) is 6.63. The summed E-state index contributed by atoms with van der Waals surface area (Å²) in [6.45, 7) is 0.995. The highest BCUT2D eigenvalue weighted by Crippen LogP contribution is 2.13. The first-order chi connectivity index (χ1) is 5.86. The fourth-order valence-electron chi connectivity index (χ4n) is 1.29. The van der Waals surface area contributed by atoms with E-state index in [1.807, 2.05) is 6.07 Å². The summed E-state index contributed by atoms with van der Waals surface area (Å²) in [5, 5.41) is 3.23. The van der Waals surface area contributed by atoms with Crippen molar-refractivity contribution < 1.29 is 0 Å². The third-order valence-electron chi connectivity index (χ3n) is 1.90. The van der Waals surface area contributed by atoms with Gasteiger partial charge in [0.2, 0.25) is 5.56 Å². The number of pyridine rings is 1. The van der Waals surface area contributed by atoms with Gasteiger partial charge in [0.1, 0.15) is 0 Å². The van der Waals surface area contributed by atoms with Gasteiger partial charge in [0.05, 0.1) is 0 Å². The second kappa shape index (κ2) is 2.85. The molecule has 1 aliphatic rings. The molecule has 62 valence electrons. The van der Waals surface area contributed by atoms with E-state index >= 15 is 0 Å². The summed E-state index contributed by atoms with van der Waals surface area (Å²) in [6, 6.07) is 3.36. The Labute approximate surface area is 70.1 Å². The van der Waals surface area contributed by atoms with Crippen molar-refractivity contribution in [1.29, 1.82) is 0 Å². The molecule has 1 aliphatic heterocycles. The first-order valence-corrected chi connectivity index (χ1v) is 3.99. The van der Waals surface area contributed by atoms with E-state index in [-0.39, 0.29) is 5.56 Å². The number of rotatable bonds is 1. The molecule has 0 atom stereocenters. The molecule has 12 heavy (non-hydrogen) atoms. The van der Waals surface area contributed by atoms with Crippen LogP contribution in [0.15, 0.2) is 29.2 Å². The highest BCUT2D eigenvalue weighted by atomic mass is 16.1. The lowest BCUT2D eigenvalue weighted by Crippen LogP contribution is -2.09. The first-order valence-electron chi connectivity index (χ1n) is 3.99. The second-order valence-electron chi connectivity index (χ2n) is 2.77. The minimum atomic E-state index is -0.0580. The molecule has 3 heteroatoms. The lowest BCUT2D eigenvalue weighted by atomic mass is 10.2. The summed E-state index contributed by atoms with van der Waals surface area (Å²) in [7, 11) is 0. The summed E-state index contributed by atoms with van der Waals surface area (Å²) in [5.41, 5.74) is 2.11. The Hall–Kier alpha value is -1.51. The van der Waals surface area contributed by atoms with Gasteiger partial charge in [0.15, 0.2) is 0 Å². The molecule has 1 aromatic rings. The first kappa shape index (κ1) is 7.16. The van der Waals surface area contributed by atoms with Gasteiger partial charge >= 0.3 is 0 Å². The van der Waals surface area contributed by atoms with Crippen LogP contribution in [0.1, 0.15) is 12.0 Å². The van der Waals surface area contributed by atoms with Gasteiger partial charge in [0.25, 0.3) is 0 Å². The average Bonchev–Trinajstić information content (AvgIpc) is 2.58. The van der Waals surface area contributed by atoms with Gasteiger partial charge in [-0.2, -0.15) is 0 Å². The van der Waals surface area contributed by atoms with Gasteiger partial charge in [-0.05, 0) is 12.5 Å². The Morgan fingerprint density at radius 2 is 2.25 bits per heavy atom. The van der Waals surface area contributed by atoms with Gasteiger partial charge in [-0.15, -0.1) is 0 Å². The normalized spacial score (nSPS) is 15.5. The highest BCUT2D eigenvalue weighted by Gasteiger charge is 2.04. The van der Waals surface area contributed by atoms with Crippen molar-refractivity contribution in [2.45, 2.75) is 6.42 Å². The molecular weight excluding hydrogens is 152 g/mol. The summed E-state index contributed by atoms with van der Waals surface area (Å²) in [5.74, 6) is 0. The van der Waals surface area contributed by atoms with Crippen molar-refractivity contribution in [2.75, 3.05) is 6.54 Å². The number of hydrogen-bond donors (Lipinski definition) is 2. The molecule has 0 fully saturated rings. The molecule has 2 N–H and O–H groups in total.